The van der Waals surface area contributed by atoms with Crippen LogP contribution in [0.5, 0.6) is 11.5 Å². The number of benzene rings is 3. The molecule has 3 aromatic carbocycles. The fourth-order valence-electron chi connectivity index (χ4n) is 4.05. The Morgan fingerprint density at radius 3 is 2.60 bits per heavy atom. The van der Waals surface area contributed by atoms with E-state index < -0.39 is 6.10 Å². The fraction of sp³-hybridized carbons (Fsp3) is 0.321. The maximum absolute atomic E-state index is 11.7. The van der Waals surface area contributed by atoms with E-state index in [9.17, 15) is 9.90 Å². The summed E-state index contributed by atoms with van der Waals surface area (Å²) in [5.41, 5.74) is 3.73. The second-order valence-corrected chi connectivity index (χ2v) is 8.60. The quantitative estimate of drug-likeness (QED) is 0.429. The van der Waals surface area contributed by atoms with E-state index in [0.717, 1.165) is 35.7 Å². The standard InChI is InChI=1S/C28H32N2O5/c1-30(22-11-8-20(9-12-22)28(32)33-2)23-13-15-27-21(16-23)10-14-26(35-27)18-29-17-24(31)19-34-25-6-4-3-5-7-25/h3-9,11-13,15-16,24,26,29,31H,10,14,17-19H2,1-2H3/t24-,26+/m0/s1. The Morgan fingerprint density at radius 2 is 1.86 bits per heavy atom. The first-order chi connectivity index (χ1) is 17.0. The van der Waals surface area contributed by atoms with Crippen LogP contribution in [0.3, 0.4) is 0 Å². The van der Waals surface area contributed by atoms with Gasteiger partial charge < -0.3 is 29.5 Å². The van der Waals surface area contributed by atoms with E-state index in [-0.39, 0.29) is 18.7 Å². The van der Waals surface area contributed by atoms with E-state index in [2.05, 4.69) is 16.3 Å². The number of aliphatic hydroxyl groups is 1. The van der Waals surface area contributed by atoms with Gasteiger partial charge in [-0.2, -0.15) is 0 Å². The lowest BCUT2D eigenvalue weighted by Crippen LogP contribution is -2.39. The Balaban J connectivity index is 1.26. The monoisotopic (exact) mass is 476 g/mol. The molecule has 0 radical (unpaired) electrons. The van der Waals surface area contributed by atoms with Crippen molar-refractivity contribution in [2.45, 2.75) is 25.0 Å². The van der Waals surface area contributed by atoms with Crippen LogP contribution in [0.25, 0.3) is 0 Å². The van der Waals surface area contributed by atoms with Gasteiger partial charge in [0.1, 0.15) is 30.3 Å². The number of nitrogens with zero attached hydrogens (tertiary/aromatic N) is 1. The molecule has 7 heteroatoms. The maximum Gasteiger partial charge on any atom is 0.337 e. The number of hydrogen-bond donors (Lipinski definition) is 2. The number of rotatable bonds is 10. The highest BCUT2D eigenvalue weighted by Crippen LogP contribution is 2.33. The Morgan fingerprint density at radius 1 is 1.11 bits per heavy atom. The lowest BCUT2D eigenvalue weighted by Gasteiger charge is -2.28. The van der Waals surface area contributed by atoms with Crippen molar-refractivity contribution in [3.63, 3.8) is 0 Å². The molecule has 1 aliphatic rings. The van der Waals surface area contributed by atoms with E-state index in [1.807, 2.05) is 61.6 Å². The molecule has 1 aliphatic heterocycles. The molecule has 184 valence electrons. The van der Waals surface area contributed by atoms with Crippen LogP contribution in [0.2, 0.25) is 0 Å². The third-order valence-electron chi connectivity index (χ3n) is 6.07. The summed E-state index contributed by atoms with van der Waals surface area (Å²) in [6, 6.07) is 23.0. The number of anilines is 2. The fourth-order valence-corrected chi connectivity index (χ4v) is 4.05. The molecule has 0 fully saturated rings. The number of carbonyl (C=O) groups is 1. The molecule has 0 saturated heterocycles. The average Bonchev–Trinajstić information content (AvgIpc) is 2.91. The van der Waals surface area contributed by atoms with Crippen molar-refractivity contribution < 1.29 is 24.1 Å². The Bertz CT molecular complexity index is 1100. The number of methoxy groups -OCH3 is 1. The van der Waals surface area contributed by atoms with Gasteiger partial charge in [0.25, 0.3) is 0 Å². The molecule has 7 nitrogen and oxygen atoms in total. The molecule has 2 N–H and O–H groups in total. The average molecular weight is 477 g/mol. The molecule has 0 aliphatic carbocycles. The van der Waals surface area contributed by atoms with Gasteiger partial charge >= 0.3 is 5.97 Å². The molecule has 1 heterocycles. The van der Waals surface area contributed by atoms with Crippen molar-refractivity contribution in [2.24, 2.45) is 0 Å². The highest BCUT2D eigenvalue weighted by atomic mass is 16.5. The zero-order chi connectivity index (χ0) is 24.6. The van der Waals surface area contributed by atoms with Gasteiger partial charge in [-0.05, 0) is 73.0 Å². The zero-order valence-corrected chi connectivity index (χ0v) is 20.1. The van der Waals surface area contributed by atoms with Gasteiger partial charge in [0.2, 0.25) is 0 Å². The Hall–Kier alpha value is -3.55. The second kappa shape index (κ2) is 11.7. The number of hydrogen-bond acceptors (Lipinski definition) is 7. The number of ether oxygens (including phenoxy) is 3. The van der Waals surface area contributed by atoms with Crippen LogP contribution in [0, 0.1) is 0 Å². The lowest BCUT2D eigenvalue weighted by atomic mass is 10.0. The Kier molecular flexibility index (Phi) is 8.23. The lowest BCUT2D eigenvalue weighted by molar-refractivity contribution is 0.0600. The van der Waals surface area contributed by atoms with Crippen molar-refractivity contribution in [2.75, 3.05) is 38.8 Å². The summed E-state index contributed by atoms with van der Waals surface area (Å²) in [4.78, 5) is 13.7. The summed E-state index contributed by atoms with van der Waals surface area (Å²) in [7, 11) is 3.38. The minimum atomic E-state index is -0.592. The van der Waals surface area contributed by atoms with Crippen LogP contribution in [0.1, 0.15) is 22.3 Å². The first-order valence-corrected chi connectivity index (χ1v) is 11.8. The molecule has 0 amide bonds. The van der Waals surface area contributed by atoms with E-state index in [1.54, 1.807) is 12.1 Å². The number of para-hydroxylation sites is 1. The third-order valence-corrected chi connectivity index (χ3v) is 6.07. The number of aliphatic hydroxyl groups excluding tert-OH is 1. The van der Waals surface area contributed by atoms with Crippen LogP contribution in [-0.2, 0) is 11.2 Å². The predicted octanol–water partition coefficient (Wildman–Crippen LogP) is 3.96. The van der Waals surface area contributed by atoms with Crippen molar-refractivity contribution >= 4 is 17.3 Å². The van der Waals surface area contributed by atoms with Crippen molar-refractivity contribution in [1.82, 2.24) is 5.32 Å². The van der Waals surface area contributed by atoms with Gasteiger partial charge in [-0.1, -0.05) is 18.2 Å². The summed E-state index contributed by atoms with van der Waals surface area (Å²) >= 11 is 0. The first kappa shape index (κ1) is 24.6. The van der Waals surface area contributed by atoms with Gasteiger partial charge in [0, 0.05) is 31.5 Å². The largest absolute Gasteiger partial charge is 0.491 e. The molecule has 0 spiro atoms. The molecule has 35 heavy (non-hydrogen) atoms. The van der Waals surface area contributed by atoms with Crippen LogP contribution in [0.15, 0.2) is 72.8 Å². The minimum Gasteiger partial charge on any atom is -0.491 e. The first-order valence-electron chi connectivity index (χ1n) is 11.8. The maximum atomic E-state index is 11.7. The molecule has 3 aromatic rings. The SMILES string of the molecule is COC(=O)c1ccc(N(C)c2ccc3c(c2)CC[C@H](CNC[C@H](O)COc2ccccc2)O3)cc1. The second-order valence-electron chi connectivity index (χ2n) is 8.60. The van der Waals surface area contributed by atoms with Crippen LogP contribution < -0.4 is 19.7 Å². The van der Waals surface area contributed by atoms with Crippen molar-refractivity contribution in [3.8, 4) is 11.5 Å². The molecule has 4 rings (SSSR count). The predicted molar refractivity (Wildman–Crippen MR) is 136 cm³/mol. The molecule has 0 unspecified atom stereocenters. The zero-order valence-electron chi connectivity index (χ0n) is 20.1. The summed E-state index contributed by atoms with van der Waals surface area (Å²) in [6.45, 7) is 1.35. The van der Waals surface area contributed by atoms with E-state index in [4.69, 9.17) is 14.2 Å². The molecular formula is C28H32N2O5. The highest BCUT2D eigenvalue weighted by Gasteiger charge is 2.21. The summed E-state index contributed by atoms with van der Waals surface area (Å²) < 4.78 is 16.6. The van der Waals surface area contributed by atoms with Crippen LogP contribution in [0.4, 0.5) is 11.4 Å². The number of fused-ring (bicyclic) bond motifs is 1. The number of esters is 1. The highest BCUT2D eigenvalue weighted by molar-refractivity contribution is 5.89. The summed E-state index contributed by atoms with van der Waals surface area (Å²) in [5, 5.41) is 13.5. The Labute approximate surface area is 206 Å². The molecule has 0 bridgehead atoms. The van der Waals surface area contributed by atoms with Gasteiger partial charge in [-0.3, -0.25) is 0 Å². The minimum absolute atomic E-state index is 0.0548. The number of aryl methyl sites for hydroxylation is 1. The van der Waals surface area contributed by atoms with Gasteiger partial charge in [0.15, 0.2) is 0 Å². The van der Waals surface area contributed by atoms with Gasteiger partial charge in [0.05, 0.1) is 12.7 Å². The topological polar surface area (TPSA) is 80.3 Å². The third kappa shape index (κ3) is 6.53. The van der Waals surface area contributed by atoms with Crippen molar-refractivity contribution in [1.29, 1.82) is 0 Å². The molecular weight excluding hydrogens is 444 g/mol. The van der Waals surface area contributed by atoms with Crippen molar-refractivity contribution in [3.05, 3.63) is 83.9 Å². The van der Waals surface area contributed by atoms with Crippen LogP contribution >= 0.6 is 0 Å². The molecule has 2 atom stereocenters. The summed E-state index contributed by atoms with van der Waals surface area (Å²) in [6.07, 6.45) is 1.28. The smallest absolute Gasteiger partial charge is 0.337 e. The normalized spacial score (nSPS) is 15.5. The van der Waals surface area contributed by atoms with Crippen LogP contribution in [-0.4, -0.2) is 57.1 Å². The van der Waals surface area contributed by atoms with E-state index in [1.165, 1.54) is 12.7 Å². The van der Waals surface area contributed by atoms with E-state index >= 15 is 0 Å². The molecule has 0 aromatic heterocycles. The van der Waals surface area contributed by atoms with E-state index in [0.29, 0.717) is 18.7 Å². The van der Waals surface area contributed by atoms with Gasteiger partial charge in [-0.25, -0.2) is 4.79 Å². The molecule has 0 saturated carbocycles. The number of nitrogens with one attached hydrogen (secondary N) is 1. The number of carbonyl (C=O) groups excluding carboxylic acids is 1. The van der Waals surface area contributed by atoms with Gasteiger partial charge in [-0.15, -0.1) is 0 Å². The summed E-state index contributed by atoms with van der Waals surface area (Å²) in [5.74, 6) is 1.31.